The number of hydrogen-bond acceptors (Lipinski definition) is 1. The molecule has 1 heteroatoms. The van der Waals surface area contributed by atoms with E-state index in [1.54, 1.807) is 0 Å². The van der Waals surface area contributed by atoms with Gasteiger partial charge in [-0.1, -0.05) is 56.2 Å². The molecule has 0 bridgehead atoms. The van der Waals surface area contributed by atoms with Gasteiger partial charge in [0.25, 0.3) is 0 Å². The van der Waals surface area contributed by atoms with Gasteiger partial charge in [0, 0.05) is 5.56 Å². The van der Waals surface area contributed by atoms with Crippen molar-refractivity contribution in [3.8, 4) is 0 Å². The quantitative estimate of drug-likeness (QED) is 0.501. The van der Waals surface area contributed by atoms with Crippen LogP contribution in [0.25, 0.3) is 6.08 Å². The average Bonchev–Trinajstić information content (AvgIpc) is 2.30. The van der Waals surface area contributed by atoms with Crippen LogP contribution >= 0.6 is 0 Å². The Labute approximate surface area is 91.8 Å². The lowest BCUT2D eigenvalue weighted by atomic mass is 10.1. The topological polar surface area (TPSA) is 17.1 Å². The van der Waals surface area contributed by atoms with Crippen LogP contribution < -0.4 is 0 Å². The molecule has 0 aliphatic carbocycles. The minimum Gasteiger partial charge on any atom is -0.298 e. The van der Waals surface area contributed by atoms with E-state index < -0.39 is 0 Å². The number of carbonyl (C=O) groups excluding carboxylic acids is 1. The number of unbranched alkanes of at least 4 members (excludes halogenated alkanes) is 3. The number of rotatable bonds is 6. The van der Waals surface area contributed by atoms with Gasteiger partial charge in [-0.15, -0.1) is 0 Å². The maximum absolute atomic E-state index is 10.4. The van der Waals surface area contributed by atoms with Crippen LogP contribution in [0, 0.1) is 0 Å². The summed E-state index contributed by atoms with van der Waals surface area (Å²) in [6.07, 6.45) is 10.2. The predicted molar refractivity (Wildman–Crippen MR) is 65.0 cm³/mol. The van der Waals surface area contributed by atoms with Gasteiger partial charge in [0.05, 0.1) is 0 Å². The van der Waals surface area contributed by atoms with Gasteiger partial charge in [-0.25, -0.2) is 0 Å². The van der Waals surface area contributed by atoms with Crippen molar-refractivity contribution in [1.82, 2.24) is 0 Å². The van der Waals surface area contributed by atoms with Crippen LogP contribution in [-0.2, 0) is 0 Å². The minimum absolute atomic E-state index is 0.734. The monoisotopic (exact) mass is 202 g/mol. The number of allylic oxidation sites excluding steroid dienone is 1. The summed E-state index contributed by atoms with van der Waals surface area (Å²) >= 11 is 0. The zero-order valence-electron chi connectivity index (χ0n) is 9.28. The molecular formula is C14H18O. The third-order valence-corrected chi connectivity index (χ3v) is 2.36. The van der Waals surface area contributed by atoms with E-state index in [1.807, 2.05) is 24.3 Å². The Hall–Kier alpha value is -1.37. The zero-order valence-corrected chi connectivity index (χ0v) is 9.28. The van der Waals surface area contributed by atoms with E-state index in [4.69, 9.17) is 0 Å². The fourth-order valence-electron chi connectivity index (χ4n) is 1.42. The van der Waals surface area contributed by atoms with Crippen LogP contribution in [0.4, 0.5) is 0 Å². The number of carbonyl (C=O) groups is 1. The molecule has 1 aromatic carbocycles. The highest BCUT2D eigenvalue weighted by Crippen LogP contribution is 2.07. The molecule has 0 saturated carbocycles. The summed E-state index contributed by atoms with van der Waals surface area (Å²) in [5.41, 5.74) is 1.90. The SMILES string of the molecule is CCCCCC=Cc1ccc(C=O)cc1. The molecule has 0 radical (unpaired) electrons. The van der Waals surface area contributed by atoms with E-state index in [1.165, 1.54) is 19.3 Å². The summed E-state index contributed by atoms with van der Waals surface area (Å²) in [7, 11) is 0. The van der Waals surface area contributed by atoms with Crippen molar-refractivity contribution in [2.75, 3.05) is 0 Å². The van der Waals surface area contributed by atoms with Crippen molar-refractivity contribution in [3.05, 3.63) is 41.5 Å². The molecule has 0 atom stereocenters. The Kier molecular flexibility index (Phi) is 5.46. The van der Waals surface area contributed by atoms with Crippen LogP contribution in [0.2, 0.25) is 0 Å². The van der Waals surface area contributed by atoms with Gasteiger partial charge in [-0.2, -0.15) is 0 Å². The van der Waals surface area contributed by atoms with Crippen LogP contribution in [0.15, 0.2) is 30.3 Å². The summed E-state index contributed by atoms with van der Waals surface area (Å²) in [5, 5.41) is 0. The highest BCUT2D eigenvalue weighted by atomic mass is 16.1. The first kappa shape index (κ1) is 11.7. The molecule has 0 saturated heterocycles. The van der Waals surface area contributed by atoms with Crippen LogP contribution in [-0.4, -0.2) is 6.29 Å². The van der Waals surface area contributed by atoms with Crippen LogP contribution in [0.5, 0.6) is 0 Å². The molecule has 15 heavy (non-hydrogen) atoms. The molecule has 1 rings (SSSR count). The van der Waals surface area contributed by atoms with Crippen LogP contribution in [0.3, 0.4) is 0 Å². The van der Waals surface area contributed by atoms with Gasteiger partial charge in [0.1, 0.15) is 6.29 Å². The highest BCUT2D eigenvalue weighted by molar-refractivity contribution is 5.75. The van der Waals surface area contributed by atoms with E-state index >= 15 is 0 Å². The van der Waals surface area contributed by atoms with Gasteiger partial charge < -0.3 is 0 Å². The first-order valence-corrected chi connectivity index (χ1v) is 5.58. The number of hydrogen-bond donors (Lipinski definition) is 0. The maximum Gasteiger partial charge on any atom is 0.150 e. The molecule has 1 nitrogen and oxygen atoms in total. The summed E-state index contributed by atoms with van der Waals surface area (Å²) < 4.78 is 0. The molecule has 0 fully saturated rings. The Morgan fingerprint density at radius 3 is 2.33 bits per heavy atom. The van der Waals surface area contributed by atoms with E-state index in [0.717, 1.165) is 23.8 Å². The first-order chi connectivity index (χ1) is 7.36. The molecule has 0 N–H and O–H groups in total. The Morgan fingerprint density at radius 2 is 1.73 bits per heavy atom. The van der Waals surface area contributed by atoms with Gasteiger partial charge in [-0.3, -0.25) is 4.79 Å². The summed E-state index contributed by atoms with van der Waals surface area (Å²) in [4.78, 5) is 10.4. The fraction of sp³-hybridized carbons (Fsp3) is 0.357. The van der Waals surface area contributed by atoms with Gasteiger partial charge in [0.2, 0.25) is 0 Å². The molecule has 1 aromatic rings. The second kappa shape index (κ2) is 6.99. The lowest BCUT2D eigenvalue weighted by Crippen LogP contribution is -1.78. The Bertz CT molecular complexity index is 309. The Morgan fingerprint density at radius 1 is 1.07 bits per heavy atom. The standard InChI is InChI=1S/C14H18O/c1-2-3-4-5-6-7-13-8-10-14(12-15)11-9-13/h6-12H,2-5H2,1H3. The molecule has 0 aromatic heterocycles. The summed E-state index contributed by atoms with van der Waals surface area (Å²) in [5.74, 6) is 0. The molecule has 0 unspecified atom stereocenters. The predicted octanol–water partition coefficient (Wildman–Crippen LogP) is 4.09. The largest absolute Gasteiger partial charge is 0.298 e. The molecule has 80 valence electrons. The third-order valence-electron chi connectivity index (χ3n) is 2.36. The fourth-order valence-corrected chi connectivity index (χ4v) is 1.42. The van der Waals surface area contributed by atoms with Gasteiger partial charge >= 0.3 is 0 Å². The summed E-state index contributed by atoms with van der Waals surface area (Å²) in [6, 6.07) is 7.64. The summed E-state index contributed by atoms with van der Waals surface area (Å²) in [6.45, 7) is 2.21. The van der Waals surface area contributed by atoms with E-state index in [9.17, 15) is 4.79 Å². The van der Waals surface area contributed by atoms with E-state index in [2.05, 4.69) is 19.1 Å². The Balaban J connectivity index is 2.39. The number of aldehydes is 1. The van der Waals surface area contributed by atoms with E-state index in [-0.39, 0.29) is 0 Å². The van der Waals surface area contributed by atoms with Crippen molar-refractivity contribution in [3.63, 3.8) is 0 Å². The highest BCUT2D eigenvalue weighted by Gasteiger charge is 1.89. The van der Waals surface area contributed by atoms with Crippen molar-refractivity contribution >= 4 is 12.4 Å². The zero-order chi connectivity index (χ0) is 10.9. The molecule has 0 aliphatic rings. The van der Waals surface area contributed by atoms with Crippen molar-refractivity contribution < 1.29 is 4.79 Å². The second-order valence-electron chi connectivity index (χ2n) is 3.68. The van der Waals surface area contributed by atoms with Gasteiger partial charge in [-0.05, 0) is 18.4 Å². The molecule has 0 aliphatic heterocycles. The van der Waals surface area contributed by atoms with Crippen LogP contribution in [0.1, 0.15) is 48.5 Å². The van der Waals surface area contributed by atoms with Crippen molar-refractivity contribution in [2.24, 2.45) is 0 Å². The number of benzene rings is 1. The first-order valence-electron chi connectivity index (χ1n) is 5.58. The maximum atomic E-state index is 10.4. The minimum atomic E-state index is 0.734. The normalized spacial score (nSPS) is 10.7. The molecule has 0 heterocycles. The smallest absolute Gasteiger partial charge is 0.150 e. The second-order valence-corrected chi connectivity index (χ2v) is 3.68. The molecular weight excluding hydrogens is 184 g/mol. The van der Waals surface area contributed by atoms with Crippen molar-refractivity contribution in [1.29, 1.82) is 0 Å². The van der Waals surface area contributed by atoms with Crippen molar-refractivity contribution in [2.45, 2.75) is 32.6 Å². The molecule has 0 amide bonds. The van der Waals surface area contributed by atoms with Gasteiger partial charge in [0.15, 0.2) is 0 Å². The van der Waals surface area contributed by atoms with E-state index in [0.29, 0.717) is 0 Å². The lowest BCUT2D eigenvalue weighted by molar-refractivity contribution is 0.112. The molecule has 0 spiro atoms. The average molecular weight is 202 g/mol. The third kappa shape index (κ3) is 4.59. The lowest BCUT2D eigenvalue weighted by Gasteiger charge is -1.94.